The molecule has 0 fully saturated rings. The van der Waals surface area contributed by atoms with Crippen LogP contribution in [0.15, 0.2) is 24.3 Å². The Hall–Kier alpha value is -0.603. The molecule has 2 atom stereocenters. The van der Waals surface area contributed by atoms with E-state index in [0.717, 1.165) is 0 Å². The Morgan fingerprint density at radius 2 is 1.48 bits per heavy atom. The van der Waals surface area contributed by atoms with Crippen LogP contribution in [-0.2, 0) is 10.8 Å². The van der Waals surface area contributed by atoms with Gasteiger partial charge >= 0.3 is 0 Å². The topological polar surface area (TPSA) is 9.23 Å². The van der Waals surface area contributed by atoms with E-state index in [0.29, 0.717) is 28.6 Å². The van der Waals surface area contributed by atoms with Gasteiger partial charge in [-0.05, 0) is 40.1 Å². The Balaban J connectivity index is 2.38. The van der Waals surface area contributed by atoms with Crippen LogP contribution < -0.4 is 0 Å². The summed E-state index contributed by atoms with van der Waals surface area (Å²) >= 11 is 0. The summed E-state index contributed by atoms with van der Waals surface area (Å²) in [5, 5.41) is 0. The molecule has 0 unspecified atom stereocenters. The molecule has 0 bridgehead atoms. The van der Waals surface area contributed by atoms with Crippen LogP contribution in [0.1, 0.15) is 65.7 Å². The van der Waals surface area contributed by atoms with Gasteiger partial charge in [0.15, 0.2) is 0 Å². The van der Waals surface area contributed by atoms with Gasteiger partial charge in [0.05, 0.1) is 6.10 Å². The molecular weight excluding hydrogens is 272 g/mol. The average molecular weight is 305 g/mol. The standard InChI is InChI=1S/C19H32OSi/c1-13(2)21(14(3)4,15(5)6)20-19-16(7)12-17-10-8-9-11-18(17)19/h8-11,13-16,19H,12H2,1-7H3/t16-,19-/m0/s1. The summed E-state index contributed by atoms with van der Waals surface area (Å²) < 4.78 is 7.06. The Morgan fingerprint density at radius 3 is 2.00 bits per heavy atom. The van der Waals surface area contributed by atoms with Gasteiger partial charge in [0, 0.05) is 0 Å². The molecule has 0 aromatic heterocycles. The molecule has 1 aromatic rings. The van der Waals surface area contributed by atoms with Gasteiger partial charge in [-0.2, -0.15) is 0 Å². The minimum Gasteiger partial charge on any atom is -0.409 e. The maximum Gasteiger partial charge on any atom is 0.201 e. The summed E-state index contributed by atoms with van der Waals surface area (Å²) in [6.07, 6.45) is 1.47. The van der Waals surface area contributed by atoms with Crippen molar-refractivity contribution >= 4 is 8.32 Å². The van der Waals surface area contributed by atoms with Crippen LogP contribution in [0, 0.1) is 5.92 Å². The molecular formula is C19H32OSi. The molecule has 0 spiro atoms. The quantitative estimate of drug-likeness (QED) is 0.596. The van der Waals surface area contributed by atoms with Gasteiger partial charge in [-0.1, -0.05) is 72.7 Å². The van der Waals surface area contributed by atoms with Crippen LogP contribution in [0.2, 0.25) is 16.6 Å². The Labute approximate surface area is 132 Å². The summed E-state index contributed by atoms with van der Waals surface area (Å²) in [5.74, 6) is 0.602. The maximum absolute atomic E-state index is 7.06. The number of hydrogen-bond donors (Lipinski definition) is 0. The normalized spacial score (nSPS) is 22.4. The molecule has 0 saturated carbocycles. The van der Waals surface area contributed by atoms with E-state index in [4.69, 9.17) is 4.43 Å². The molecule has 1 aliphatic carbocycles. The molecule has 0 N–H and O–H groups in total. The number of rotatable bonds is 5. The molecule has 1 aromatic carbocycles. The summed E-state index contributed by atoms with van der Waals surface area (Å²) in [5.41, 5.74) is 4.89. The summed E-state index contributed by atoms with van der Waals surface area (Å²) in [7, 11) is -1.80. The molecule has 2 rings (SSSR count). The molecule has 118 valence electrons. The predicted octanol–water partition coefficient (Wildman–Crippen LogP) is 6.11. The highest BCUT2D eigenvalue weighted by atomic mass is 28.4. The van der Waals surface area contributed by atoms with Crippen molar-refractivity contribution in [2.75, 3.05) is 0 Å². The smallest absolute Gasteiger partial charge is 0.201 e. The van der Waals surface area contributed by atoms with Crippen LogP contribution in [0.5, 0.6) is 0 Å². The maximum atomic E-state index is 7.06. The van der Waals surface area contributed by atoms with Gasteiger partial charge in [0.2, 0.25) is 8.32 Å². The van der Waals surface area contributed by atoms with Gasteiger partial charge < -0.3 is 4.43 Å². The number of fused-ring (bicyclic) bond motifs is 1. The molecule has 21 heavy (non-hydrogen) atoms. The highest BCUT2D eigenvalue weighted by Gasteiger charge is 2.48. The largest absolute Gasteiger partial charge is 0.409 e. The fourth-order valence-corrected chi connectivity index (χ4v) is 10.2. The van der Waals surface area contributed by atoms with Crippen molar-refractivity contribution in [1.29, 1.82) is 0 Å². The van der Waals surface area contributed by atoms with E-state index in [2.05, 4.69) is 72.7 Å². The minimum absolute atomic E-state index is 0.306. The third kappa shape index (κ3) is 2.85. The molecule has 0 radical (unpaired) electrons. The van der Waals surface area contributed by atoms with Gasteiger partial charge in [-0.3, -0.25) is 0 Å². The summed E-state index contributed by atoms with van der Waals surface area (Å²) in [6.45, 7) is 16.6. The molecule has 0 saturated heterocycles. The van der Waals surface area contributed by atoms with Crippen molar-refractivity contribution < 1.29 is 4.43 Å². The van der Waals surface area contributed by atoms with E-state index in [1.54, 1.807) is 0 Å². The van der Waals surface area contributed by atoms with E-state index >= 15 is 0 Å². The highest BCUT2D eigenvalue weighted by molar-refractivity contribution is 6.77. The van der Waals surface area contributed by atoms with Crippen molar-refractivity contribution in [1.82, 2.24) is 0 Å². The third-order valence-corrected chi connectivity index (χ3v) is 11.5. The van der Waals surface area contributed by atoms with Crippen molar-refractivity contribution in [3.05, 3.63) is 35.4 Å². The second kappa shape index (κ2) is 6.25. The lowest BCUT2D eigenvalue weighted by Gasteiger charge is -2.45. The van der Waals surface area contributed by atoms with Crippen molar-refractivity contribution in [3.8, 4) is 0 Å². The lowest BCUT2D eigenvalue weighted by molar-refractivity contribution is 0.134. The Morgan fingerprint density at radius 1 is 0.952 bits per heavy atom. The monoisotopic (exact) mass is 304 g/mol. The van der Waals surface area contributed by atoms with Crippen LogP contribution in [0.4, 0.5) is 0 Å². The lowest BCUT2D eigenvalue weighted by Crippen LogP contribution is -2.49. The van der Waals surface area contributed by atoms with Gasteiger partial charge in [0.25, 0.3) is 0 Å². The zero-order valence-electron chi connectivity index (χ0n) is 14.8. The van der Waals surface area contributed by atoms with Gasteiger partial charge in [-0.25, -0.2) is 0 Å². The molecule has 0 amide bonds. The van der Waals surface area contributed by atoms with Crippen LogP contribution >= 0.6 is 0 Å². The molecule has 1 nitrogen and oxygen atoms in total. The van der Waals surface area contributed by atoms with E-state index in [9.17, 15) is 0 Å². The second-order valence-electron chi connectivity index (χ2n) is 7.74. The highest BCUT2D eigenvalue weighted by Crippen LogP contribution is 2.49. The van der Waals surface area contributed by atoms with E-state index in [1.165, 1.54) is 17.5 Å². The molecule has 0 aliphatic heterocycles. The third-order valence-electron chi connectivity index (χ3n) is 5.46. The van der Waals surface area contributed by atoms with Crippen molar-refractivity contribution in [2.45, 2.75) is 77.6 Å². The summed E-state index contributed by atoms with van der Waals surface area (Å²) in [6, 6.07) is 8.88. The first-order valence-electron chi connectivity index (χ1n) is 8.56. The predicted molar refractivity (Wildman–Crippen MR) is 94.2 cm³/mol. The lowest BCUT2D eigenvalue weighted by atomic mass is 10.1. The van der Waals surface area contributed by atoms with E-state index < -0.39 is 8.32 Å². The molecule has 0 heterocycles. The number of hydrogen-bond acceptors (Lipinski definition) is 1. The van der Waals surface area contributed by atoms with E-state index in [1.807, 2.05) is 0 Å². The zero-order valence-corrected chi connectivity index (χ0v) is 15.8. The Kier molecular flexibility index (Phi) is 4.99. The Bertz CT molecular complexity index is 456. The summed E-state index contributed by atoms with van der Waals surface area (Å²) in [4.78, 5) is 0. The molecule has 1 aliphatic rings. The SMILES string of the molecule is CC(C)[Si](O[C@@H]1c2ccccc2C[C@@H]1C)(C(C)C)C(C)C. The first-order valence-corrected chi connectivity index (χ1v) is 10.7. The van der Waals surface area contributed by atoms with Crippen LogP contribution in [0.3, 0.4) is 0 Å². The first kappa shape index (κ1) is 16.8. The van der Waals surface area contributed by atoms with E-state index in [-0.39, 0.29) is 0 Å². The second-order valence-corrected chi connectivity index (χ2v) is 13.1. The minimum atomic E-state index is -1.80. The molecule has 2 heteroatoms. The van der Waals surface area contributed by atoms with Gasteiger partial charge in [-0.15, -0.1) is 0 Å². The zero-order chi connectivity index (χ0) is 15.8. The fourth-order valence-electron chi connectivity index (χ4n) is 4.57. The number of benzene rings is 1. The van der Waals surface area contributed by atoms with Crippen molar-refractivity contribution in [3.63, 3.8) is 0 Å². The van der Waals surface area contributed by atoms with Crippen LogP contribution in [0.25, 0.3) is 0 Å². The van der Waals surface area contributed by atoms with Crippen LogP contribution in [-0.4, -0.2) is 8.32 Å². The fraction of sp³-hybridized carbons (Fsp3) is 0.684. The van der Waals surface area contributed by atoms with Gasteiger partial charge in [0.1, 0.15) is 0 Å². The first-order chi connectivity index (χ1) is 9.80. The van der Waals surface area contributed by atoms with Crippen molar-refractivity contribution in [2.24, 2.45) is 5.92 Å². The average Bonchev–Trinajstić information content (AvgIpc) is 2.70.